The van der Waals surface area contributed by atoms with E-state index in [0.717, 1.165) is 5.57 Å². The van der Waals surface area contributed by atoms with Crippen molar-refractivity contribution in [3.05, 3.63) is 23.0 Å². The van der Waals surface area contributed by atoms with Crippen molar-refractivity contribution >= 4 is 5.91 Å². The number of ether oxygens (including phenoxy) is 1. The van der Waals surface area contributed by atoms with Crippen molar-refractivity contribution in [3.63, 3.8) is 0 Å². The van der Waals surface area contributed by atoms with Crippen LogP contribution in [0.5, 0.6) is 0 Å². The van der Waals surface area contributed by atoms with Gasteiger partial charge in [0.1, 0.15) is 5.76 Å². The summed E-state index contributed by atoms with van der Waals surface area (Å²) in [6.45, 7) is 7.71. The molecule has 0 heterocycles. The Morgan fingerprint density at radius 1 is 1.36 bits per heavy atom. The summed E-state index contributed by atoms with van der Waals surface area (Å²) >= 11 is 0. The summed E-state index contributed by atoms with van der Waals surface area (Å²) < 4.78 is 5.15. The molecule has 0 saturated carbocycles. The van der Waals surface area contributed by atoms with Crippen molar-refractivity contribution in [2.24, 2.45) is 11.7 Å². The van der Waals surface area contributed by atoms with Gasteiger partial charge < -0.3 is 10.5 Å². The molecule has 0 aromatic carbocycles. The predicted octanol–water partition coefficient (Wildman–Crippen LogP) is 1.99. The molecule has 1 amide bonds. The van der Waals surface area contributed by atoms with Gasteiger partial charge in [0.15, 0.2) is 0 Å². The van der Waals surface area contributed by atoms with Gasteiger partial charge in [-0.05, 0) is 25.3 Å². The summed E-state index contributed by atoms with van der Waals surface area (Å²) in [5.74, 6) is 0.547. The smallest absolute Gasteiger partial charge is 0.248 e. The number of hydrogen-bond donors (Lipinski definition) is 1. The van der Waals surface area contributed by atoms with E-state index in [1.807, 2.05) is 13.0 Å². The average Bonchev–Trinajstić information content (AvgIpc) is 2.03. The number of nitrogens with two attached hydrogens (primary N) is 1. The van der Waals surface area contributed by atoms with Crippen LogP contribution in [-0.2, 0) is 9.53 Å². The van der Waals surface area contributed by atoms with Crippen molar-refractivity contribution < 1.29 is 9.53 Å². The van der Waals surface area contributed by atoms with Crippen LogP contribution in [-0.4, -0.2) is 13.0 Å². The first-order valence-electron chi connectivity index (χ1n) is 4.63. The lowest BCUT2D eigenvalue weighted by molar-refractivity contribution is -0.114. The number of methoxy groups -OCH3 is 1. The summed E-state index contributed by atoms with van der Waals surface area (Å²) in [4.78, 5) is 10.9. The van der Waals surface area contributed by atoms with Crippen LogP contribution in [0.25, 0.3) is 0 Å². The SMILES string of the molecule is COC(=C(/C)C(N)=O)/C(C)=C/C(C)C. The number of carbonyl (C=O) groups is 1. The Morgan fingerprint density at radius 3 is 2.14 bits per heavy atom. The van der Waals surface area contributed by atoms with E-state index < -0.39 is 5.91 Å². The van der Waals surface area contributed by atoms with Gasteiger partial charge in [0.2, 0.25) is 5.91 Å². The zero-order valence-corrected chi connectivity index (χ0v) is 9.55. The highest BCUT2D eigenvalue weighted by Crippen LogP contribution is 2.16. The Labute approximate surface area is 85.6 Å². The minimum absolute atomic E-state index is 0.417. The van der Waals surface area contributed by atoms with Gasteiger partial charge in [-0.25, -0.2) is 0 Å². The molecule has 0 aliphatic heterocycles. The lowest BCUT2D eigenvalue weighted by atomic mass is 10.1. The molecule has 0 aliphatic carbocycles. The fourth-order valence-corrected chi connectivity index (χ4v) is 1.30. The van der Waals surface area contributed by atoms with E-state index in [2.05, 4.69) is 13.8 Å². The van der Waals surface area contributed by atoms with Crippen LogP contribution < -0.4 is 5.73 Å². The minimum Gasteiger partial charge on any atom is -0.496 e. The molecule has 3 heteroatoms. The van der Waals surface area contributed by atoms with Crippen LogP contribution in [0, 0.1) is 5.92 Å². The molecule has 0 rings (SSSR count). The van der Waals surface area contributed by atoms with Crippen molar-refractivity contribution in [3.8, 4) is 0 Å². The van der Waals surface area contributed by atoms with E-state index in [9.17, 15) is 4.79 Å². The monoisotopic (exact) mass is 197 g/mol. The molecule has 0 unspecified atom stereocenters. The maximum absolute atomic E-state index is 10.9. The maximum atomic E-state index is 10.9. The normalized spacial score (nSPS) is 14.0. The van der Waals surface area contributed by atoms with Gasteiger partial charge in [-0.2, -0.15) is 0 Å². The zero-order chi connectivity index (χ0) is 11.3. The third-order valence-corrected chi connectivity index (χ3v) is 1.86. The van der Waals surface area contributed by atoms with Crippen molar-refractivity contribution in [1.82, 2.24) is 0 Å². The molecule has 0 radical (unpaired) electrons. The second-order valence-corrected chi connectivity index (χ2v) is 3.62. The molecule has 80 valence electrons. The summed E-state index contributed by atoms with van der Waals surface area (Å²) in [5.41, 5.74) is 6.58. The lowest BCUT2D eigenvalue weighted by Gasteiger charge is -2.10. The van der Waals surface area contributed by atoms with E-state index >= 15 is 0 Å². The second kappa shape index (κ2) is 5.47. The molecule has 0 aromatic rings. The Bertz CT molecular complexity index is 275. The third kappa shape index (κ3) is 3.64. The highest BCUT2D eigenvalue weighted by molar-refractivity contribution is 5.92. The molecule has 0 fully saturated rings. The molecule has 0 atom stereocenters. The molecule has 14 heavy (non-hydrogen) atoms. The van der Waals surface area contributed by atoms with Crippen molar-refractivity contribution in [2.75, 3.05) is 7.11 Å². The van der Waals surface area contributed by atoms with Crippen LogP contribution in [0.1, 0.15) is 27.7 Å². The van der Waals surface area contributed by atoms with E-state index in [0.29, 0.717) is 17.3 Å². The number of hydrogen-bond acceptors (Lipinski definition) is 2. The van der Waals surface area contributed by atoms with Gasteiger partial charge in [-0.1, -0.05) is 19.9 Å². The zero-order valence-electron chi connectivity index (χ0n) is 9.55. The first-order valence-corrected chi connectivity index (χ1v) is 4.63. The van der Waals surface area contributed by atoms with Crippen LogP contribution in [0.2, 0.25) is 0 Å². The average molecular weight is 197 g/mol. The molecule has 0 aromatic heterocycles. The van der Waals surface area contributed by atoms with Crippen LogP contribution in [0.3, 0.4) is 0 Å². The molecule has 0 spiro atoms. The Hall–Kier alpha value is -1.25. The van der Waals surface area contributed by atoms with E-state index in [-0.39, 0.29) is 0 Å². The number of allylic oxidation sites excluding steroid dienone is 2. The lowest BCUT2D eigenvalue weighted by Crippen LogP contribution is -2.15. The molecular weight excluding hydrogens is 178 g/mol. The minimum atomic E-state index is -0.446. The maximum Gasteiger partial charge on any atom is 0.248 e. The summed E-state index contributed by atoms with van der Waals surface area (Å²) in [6, 6.07) is 0. The molecule has 0 bridgehead atoms. The fraction of sp³-hybridized carbons (Fsp3) is 0.545. The largest absolute Gasteiger partial charge is 0.496 e. The van der Waals surface area contributed by atoms with Crippen molar-refractivity contribution in [1.29, 1.82) is 0 Å². The highest BCUT2D eigenvalue weighted by atomic mass is 16.5. The molecule has 0 saturated heterocycles. The van der Waals surface area contributed by atoms with E-state index in [1.54, 1.807) is 14.0 Å². The van der Waals surface area contributed by atoms with Gasteiger partial charge in [0.05, 0.1) is 12.7 Å². The van der Waals surface area contributed by atoms with E-state index in [4.69, 9.17) is 10.5 Å². The van der Waals surface area contributed by atoms with Gasteiger partial charge in [0, 0.05) is 0 Å². The van der Waals surface area contributed by atoms with Crippen molar-refractivity contribution in [2.45, 2.75) is 27.7 Å². The number of primary amides is 1. The Morgan fingerprint density at radius 2 is 1.86 bits per heavy atom. The van der Waals surface area contributed by atoms with Crippen LogP contribution >= 0.6 is 0 Å². The second-order valence-electron chi connectivity index (χ2n) is 3.62. The standard InChI is InChI=1S/C11H19NO2/c1-7(2)6-8(3)10(14-5)9(4)11(12)13/h6-7H,1-5H3,(H2,12,13)/b8-6+,10-9-. The van der Waals surface area contributed by atoms with Gasteiger partial charge >= 0.3 is 0 Å². The first kappa shape index (κ1) is 12.8. The van der Waals surface area contributed by atoms with Gasteiger partial charge in [-0.3, -0.25) is 4.79 Å². The summed E-state index contributed by atoms with van der Waals surface area (Å²) in [6.07, 6.45) is 2.03. The first-order chi connectivity index (χ1) is 6.40. The predicted molar refractivity (Wildman–Crippen MR) is 57.5 cm³/mol. The number of amides is 1. The molecule has 2 N–H and O–H groups in total. The van der Waals surface area contributed by atoms with E-state index in [1.165, 1.54) is 0 Å². The summed E-state index contributed by atoms with van der Waals surface area (Å²) in [7, 11) is 1.54. The quantitative estimate of drug-likeness (QED) is 0.425. The Balaban J connectivity index is 5.09. The third-order valence-electron chi connectivity index (χ3n) is 1.86. The summed E-state index contributed by atoms with van der Waals surface area (Å²) in [5, 5.41) is 0. The fourth-order valence-electron chi connectivity index (χ4n) is 1.30. The highest BCUT2D eigenvalue weighted by Gasteiger charge is 2.09. The Kier molecular flexibility index (Phi) is 4.99. The van der Waals surface area contributed by atoms with Gasteiger partial charge in [-0.15, -0.1) is 0 Å². The van der Waals surface area contributed by atoms with Crippen LogP contribution in [0.4, 0.5) is 0 Å². The molecular formula is C11H19NO2. The number of carbonyl (C=O) groups excluding carboxylic acids is 1. The number of rotatable bonds is 4. The van der Waals surface area contributed by atoms with Gasteiger partial charge in [0.25, 0.3) is 0 Å². The topological polar surface area (TPSA) is 52.3 Å². The molecule has 3 nitrogen and oxygen atoms in total. The van der Waals surface area contributed by atoms with Crippen LogP contribution in [0.15, 0.2) is 23.0 Å². The molecule has 0 aliphatic rings.